The van der Waals surface area contributed by atoms with Crippen LogP contribution >= 0.6 is 0 Å². The molecule has 11 heteroatoms. The minimum absolute atomic E-state index is 0.184. The van der Waals surface area contributed by atoms with Crippen molar-refractivity contribution < 1.29 is 19.3 Å². The second-order valence-electron chi connectivity index (χ2n) is 8.90. The summed E-state index contributed by atoms with van der Waals surface area (Å²) >= 11 is 0. The van der Waals surface area contributed by atoms with E-state index in [-0.39, 0.29) is 6.61 Å². The molecule has 2 aromatic heterocycles. The number of likely N-dealkylation sites (N-methyl/N-ethyl adjacent to an activating group) is 1. The Morgan fingerprint density at radius 3 is 2.54 bits per heavy atom. The summed E-state index contributed by atoms with van der Waals surface area (Å²) in [5, 5.41) is 12.9. The fourth-order valence-electron chi connectivity index (χ4n) is 4.10. The Morgan fingerprint density at radius 1 is 1.11 bits per heavy atom. The molecule has 0 aliphatic carbocycles. The molecule has 0 bridgehead atoms. The van der Waals surface area contributed by atoms with E-state index in [4.69, 9.17) is 24.2 Å². The van der Waals surface area contributed by atoms with Gasteiger partial charge >= 0.3 is 6.01 Å². The highest BCUT2D eigenvalue weighted by Crippen LogP contribution is 2.30. The lowest BCUT2D eigenvalue weighted by atomic mass is 10.1. The van der Waals surface area contributed by atoms with Crippen LogP contribution in [-0.4, -0.2) is 91.8 Å². The van der Waals surface area contributed by atoms with Gasteiger partial charge < -0.3 is 34.4 Å². The molecule has 0 amide bonds. The zero-order valence-corrected chi connectivity index (χ0v) is 21.8. The van der Waals surface area contributed by atoms with Gasteiger partial charge in [0.25, 0.3) is 0 Å². The summed E-state index contributed by atoms with van der Waals surface area (Å²) in [5.74, 6) is 2.71. The van der Waals surface area contributed by atoms with Gasteiger partial charge in [-0.2, -0.15) is 0 Å². The van der Waals surface area contributed by atoms with E-state index in [2.05, 4.69) is 27.2 Å². The molecule has 3 heterocycles. The van der Waals surface area contributed by atoms with E-state index in [9.17, 15) is 5.11 Å². The summed E-state index contributed by atoms with van der Waals surface area (Å²) in [5.41, 5.74) is 1.57. The first-order chi connectivity index (χ1) is 18.0. The van der Waals surface area contributed by atoms with E-state index in [0.717, 1.165) is 43.1 Å². The van der Waals surface area contributed by atoms with Crippen molar-refractivity contribution >= 4 is 17.3 Å². The number of nitrogens with one attached hydrogen (secondary N) is 1. The Hall–Kier alpha value is -3.54. The van der Waals surface area contributed by atoms with Crippen LogP contribution in [0, 0.1) is 0 Å². The van der Waals surface area contributed by atoms with Crippen LogP contribution in [0.15, 0.2) is 42.7 Å². The van der Waals surface area contributed by atoms with E-state index in [1.165, 1.54) is 7.11 Å². The molecule has 0 saturated carbocycles. The zero-order chi connectivity index (χ0) is 26.2. The molecule has 37 heavy (non-hydrogen) atoms. The average Bonchev–Trinajstić information content (AvgIpc) is 2.96. The van der Waals surface area contributed by atoms with Crippen molar-refractivity contribution in [3.8, 4) is 23.1 Å². The predicted octanol–water partition coefficient (Wildman–Crippen LogP) is 2.28. The third-order valence-electron chi connectivity index (χ3n) is 6.30. The maximum absolute atomic E-state index is 10.0. The number of hydrogen-bond donors (Lipinski definition) is 2. The number of aromatic nitrogens is 4. The largest absolute Gasteiger partial charge is 0.491 e. The van der Waals surface area contributed by atoms with Gasteiger partial charge in [-0.05, 0) is 32.0 Å². The highest BCUT2D eigenvalue weighted by Gasteiger charge is 2.22. The number of aliphatic hydroxyl groups is 1. The zero-order valence-electron chi connectivity index (χ0n) is 21.8. The number of hydrogen-bond acceptors (Lipinski definition) is 11. The van der Waals surface area contributed by atoms with Crippen LogP contribution in [-0.2, 0) is 4.74 Å². The van der Waals surface area contributed by atoms with Gasteiger partial charge in [-0.1, -0.05) is 12.1 Å². The van der Waals surface area contributed by atoms with Crippen molar-refractivity contribution in [2.45, 2.75) is 25.0 Å². The Labute approximate surface area is 217 Å². The van der Waals surface area contributed by atoms with E-state index in [1.807, 2.05) is 42.3 Å². The van der Waals surface area contributed by atoms with E-state index < -0.39 is 6.10 Å². The summed E-state index contributed by atoms with van der Waals surface area (Å²) in [6.45, 7) is 2.11. The molecule has 1 aromatic carbocycles. The van der Waals surface area contributed by atoms with Crippen LogP contribution in [0.5, 0.6) is 11.8 Å². The van der Waals surface area contributed by atoms with Crippen molar-refractivity contribution in [3.05, 3.63) is 42.7 Å². The second kappa shape index (κ2) is 12.6. The summed E-state index contributed by atoms with van der Waals surface area (Å²) < 4.78 is 16.5. The third kappa shape index (κ3) is 6.82. The Kier molecular flexibility index (Phi) is 9.04. The van der Waals surface area contributed by atoms with Crippen LogP contribution in [0.1, 0.15) is 12.8 Å². The van der Waals surface area contributed by atoms with Crippen LogP contribution in [0.2, 0.25) is 0 Å². The molecule has 4 rings (SSSR count). The van der Waals surface area contributed by atoms with E-state index in [1.54, 1.807) is 19.4 Å². The molecule has 0 spiro atoms. The van der Waals surface area contributed by atoms with Crippen LogP contribution < -0.4 is 24.6 Å². The van der Waals surface area contributed by atoms with Gasteiger partial charge in [-0.25, -0.2) is 19.9 Å². The Morgan fingerprint density at radius 2 is 1.84 bits per heavy atom. The molecule has 2 N–H and O–H groups in total. The maximum Gasteiger partial charge on any atom is 0.316 e. The first-order valence-corrected chi connectivity index (χ1v) is 12.3. The fourth-order valence-corrected chi connectivity index (χ4v) is 4.10. The van der Waals surface area contributed by atoms with Crippen molar-refractivity contribution in [3.63, 3.8) is 0 Å². The van der Waals surface area contributed by atoms with Gasteiger partial charge in [0, 0.05) is 51.5 Å². The smallest absolute Gasteiger partial charge is 0.316 e. The minimum Gasteiger partial charge on any atom is -0.491 e. The predicted molar refractivity (Wildman–Crippen MR) is 142 cm³/mol. The lowest BCUT2D eigenvalue weighted by Crippen LogP contribution is -2.37. The van der Waals surface area contributed by atoms with Gasteiger partial charge in [-0.3, -0.25) is 0 Å². The minimum atomic E-state index is -0.603. The summed E-state index contributed by atoms with van der Waals surface area (Å²) in [7, 11) is 7.30. The standard InChI is InChI=1S/C26H35N7O4/c1-27-16-21(34)17-37-22-7-5-6-18(12-22)25-30-23(32(2)19-8-10-36-11-9-19)13-24(31-25)33(3)20-14-28-26(35-4)29-15-20/h5-7,12-15,19,21,27,34H,8-11,16-17H2,1-4H3. The van der Waals surface area contributed by atoms with Gasteiger partial charge in [0.2, 0.25) is 0 Å². The highest BCUT2D eigenvalue weighted by atomic mass is 16.5. The summed E-state index contributed by atoms with van der Waals surface area (Å²) in [6.07, 6.45) is 4.66. The van der Waals surface area contributed by atoms with Crippen LogP contribution in [0.25, 0.3) is 11.4 Å². The molecule has 198 valence electrons. The number of aliphatic hydroxyl groups excluding tert-OH is 1. The molecular weight excluding hydrogens is 474 g/mol. The van der Waals surface area contributed by atoms with E-state index >= 15 is 0 Å². The lowest BCUT2D eigenvalue weighted by molar-refractivity contribution is 0.0853. The highest BCUT2D eigenvalue weighted by molar-refractivity contribution is 5.67. The molecule has 1 atom stereocenters. The second-order valence-corrected chi connectivity index (χ2v) is 8.90. The van der Waals surface area contributed by atoms with Crippen LogP contribution in [0.3, 0.4) is 0 Å². The first-order valence-electron chi connectivity index (χ1n) is 12.3. The van der Waals surface area contributed by atoms with E-state index in [0.29, 0.717) is 36.0 Å². The van der Waals surface area contributed by atoms with Gasteiger partial charge in [0.15, 0.2) is 5.82 Å². The third-order valence-corrected chi connectivity index (χ3v) is 6.30. The van der Waals surface area contributed by atoms with Crippen molar-refractivity contribution in [2.75, 3.05) is 64.4 Å². The van der Waals surface area contributed by atoms with Gasteiger partial charge in [-0.15, -0.1) is 0 Å². The first kappa shape index (κ1) is 26.5. The topological polar surface area (TPSA) is 118 Å². The van der Waals surface area contributed by atoms with Crippen molar-refractivity contribution in [1.82, 2.24) is 25.3 Å². The molecule has 1 fully saturated rings. The number of ether oxygens (including phenoxy) is 3. The van der Waals surface area contributed by atoms with Crippen molar-refractivity contribution in [2.24, 2.45) is 0 Å². The molecule has 1 aliphatic rings. The average molecular weight is 510 g/mol. The Bertz CT molecular complexity index is 1140. The molecule has 1 aliphatic heterocycles. The van der Waals surface area contributed by atoms with Crippen molar-refractivity contribution in [1.29, 1.82) is 0 Å². The summed E-state index contributed by atoms with van der Waals surface area (Å²) in [6, 6.07) is 10.2. The molecule has 1 saturated heterocycles. The molecule has 3 aromatic rings. The number of nitrogens with zero attached hydrogens (tertiary/aromatic N) is 6. The summed E-state index contributed by atoms with van der Waals surface area (Å²) in [4.78, 5) is 22.4. The molecule has 0 radical (unpaired) electrons. The number of benzene rings is 1. The number of methoxy groups -OCH3 is 1. The SMILES string of the molecule is CNCC(O)COc1cccc(-c2nc(N(C)c3cnc(OC)nc3)cc(N(C)C3CCOCC3)n2)c1. The normalized spacial score (nSPS) is 14.7. The molecule has 1 unspecified atom stereocenters. The Balaban J connectivity index is 1.67. The molecule has 11 nitrogen and oxygen atoms in total. The quantitative estimate of drug-likeness (QED) is 0.396. The van der Waals surface area contributed by atoms with Gasteiger partial charge in [0.1, 0.15) is 30.1 Å². The van der Waals surface area contributed by atoms with Gasteiger partial charge in [0.05, 0.1) is 25.2 Å². The molecular formula is C26H35N7O4. The number of rotatable bonds is 11. The lowest BCUT2D eigenvalue weighted by Gasteiger charge is -2.32. The maximum atomic E-state index is 10.0. The van der Waals surface area contributed by atoms with Crippen LogP contribution in [0.4, 0.5) is 17.3 Å². The fraction of sp³-hybridized carbons (Fsp3) is 0.462. The monoisotopic (exact) mass is 509 g/mol. The number of anilines is 3.